The predicted octanol–water partition coefficient (Wildman–Crippen LogP) is 1.65. The quantitative estimate of drug-likeness (QED) is 0.692. The van der Waals surface area contributed by atoms with Crippen LogP contribution in [-0.2, 0) is 4.79 Å². The lowest BCUT2D eigenvalue weighted by Crippen LogP contribution is -2.61. The Kier molecular flexibility index (Phi) is 1.65. The molecule has 2 atom stereocenters. The topological polar surface area (TPSA) is 57.5 Å². The van der Waals surface area contributed by atoms with Crippen molar-refractivity contribution in [1.82, 2.24) is 0 Å². The Morgan fingerprint density at radius 1 is 1.20 bits per heavy atom. The minimum absolute atomic E-state index is 0.222. The molecule has 0 aromatic carbocycles. The zero-order valence-electron chi connectivity index (χ0n) is 9.07. The van der Waals surface area contributed by atoms with Crippen molar-refractivity contribution in [2.24, 2.45) is 23.2 Å². The highest BCUT2D eigenvalue weighted by molar-refractivity contribution is 5.75. The average Bonchev–Trinajstić information content (AvgIpc) is 2.13. The lowest BCUT2D eigenvalue weighted by Gasteiger charge is -2.61. The molecule has 84 valence electrons. The number of carboxylic acid groups (broad SMARTS) is 1. The predicted molar refractivity (Wildman–Crippen MR) is 54.2 cm³/mol. The van der Waals surface area contributed by atoms with E-state index in [-0.39, 0.29) is 11.8 Å². The summed E-state index contributed by atoms with van der Waals surface area (Å²) < 4.78 is 0. The second kappa shape index (κ2) is 2.57. The van der Waals surface area contributed by atoms with E-state index in [2.05, 4.69) is 0 Å². The number of carboxylic acids is 1. The lowest BCUT2D eigenvalue weighted by atomic mass is 9.45. The largest absolute Gasteiger partial charge is 0.481 e. The van der Waals surface area contributed by atoms with E-state index >= 15 is 0 Å². The van der Waals surface area contributed by atoms with E-state index in [1.165, 1.54) is 0 Å². The van der Waals surface area contributed by atoms with Crippen LogP contribution in [0.25, 0.3) is 0 Å². The molecule has 4 saturated carbocycles. The standard InChI is InChI=1S/C12H18O3/c1-11(15)8-2-7-3-9(11)6-12(4-7,5-8)10(13)14/h7-9,15H,2-6H2,1H3,(H,13,14). The molecule has 3 heteroatoms. The first-order valence-electron chi connectivity index (χ1n) is 5.90. The second-order valence-electron chi connectivity index (χ2n) is 6.15. The van der Waals surface area contributed by atoms with Crippen molar-refractivity contribution in [1.29, 1.82) is 0 Å². The molecule has 15 heavy (non-hydrogen) atoms. The molecule has 0 amide bonds. The van der Waals surface area contributed by atoms with Crippen LogP contribution in [-0.4, -0.2) is 21.8 Å². The number of aliphatic hydroxyl groups is 1. The van der Waals surface area contributed by atoms with Gasteiger partial charge in [0.05, 0.1) is 11.0 Å². The smallest absolute Gasteiger partial charge is 0.309 e. The monoisotopic (exact) mass is 210 g/mol. The van der Waals surface area contributed by atoms with Crippen molar-refractivity contribution >= 4 is 5.97 Å². The summed E-state index contributed by atoms with van der Waals surface area (Å²) in [4.78, 5) is 11.4. The van der Waals surface area contributed by atoms with Crippen molar-refractivity contribution < 1.29 is 15.0 Å². The maximum atomic E-state index is 11.4. The van der Waals surface area contributed by atoms with Crippen molar-refractivity contribution in [3.8, 4) is 0 Å². The zero-order valence-corrected chi connectivity index (χ0v) is 9.07. The molecule has 2 unspecified atom stereocenters. The molecular formula is C12H18O3. The SMILES string of the molecule is CC1(O)C2CC3CC1CC(C(=O)O)(C3)C2. The van der Waals surface area contributed by atoms with Crippen LogP contribution in [0.5, 0.6) is 0 Å². The normalized spacial score (nSPS) is 57.1. The zero-order chi connectivity index (χ0) is 10.8. The Balaban J connectivity index is 2.00. The molecule has 4 aliphatic carbocycles. The van der Waals surface area contributed by atoms with Crippen molar-refractivity contribution in [2.75, 3.05) is 0 Å². The van der Waals surface area contributed by atoms with Gasteiger partial charge in [0.25, 0.3) is 0 Å². The van der Waals surface area contributed by atoms with Crippen molar-refractivity contribution in [2.45, 2.75) is 44.6 Å². The third-order valence-corrected chi connectivity index (χ3v) is 5.30. The Hall–Kier alpha value is -0.570. The molecule has 0 saturated heterocycles. The molecule has 2 N–H and O–H groups in total. The molecular weight excluding hydrogens is 192 g/mol. The van der Waals surface area contributed by atoms with Gasteiger partial charge in [0.1, 0.15) is 0 Å². The molecule has 0 aliphatic heterocycles. The molecule has 0 radical (unpaired) electrons. The van der Waals surface area contributed by atoms with Gasteiger partial charge in [-0.3, -0.25) is 4.79 Å². The highest BCUT2D eigenvalue weighted by Gasteiger charge is 2.62. The van der Waals surface area contributed by atoms with E-state index in [1.54, 1.807) is 0 Å². The molecule has 4 aliphatic rings. The highest BCUT2D eigenvalue weighted by atomic mass is 16.4. The third-order valence-electron chi connectivity index (χ3n) is 5.30. The van der Waals surface area contributed by atoms with Crippen LogP contribution in [0.2, 0.25) is 0 Å². The third kappa shape index (κ3) is 1.07. The average molecular weight is 210 g/mol. The van der Waals surface area contributed by atoms with Gasteiger partial charge in [-0.15, -0.1) is 0 Å². The first kappa shape index (κ1) is 9.64. The highest BCUT2D eigenvalue weighted by Crippen LogP contribution is 2.63. The molecule has 3 nitrogen and oxygen atoms in total. The van der Waals surface area contributed by atoms with E-state index in [1.807, 2.05) is 6.92 Å². The minimum Gasteiger partial charge on any atom is -0.481 e. The summed E-state index contributed by atoms with van der Waals surface area (Å²) in [6, 6.07) is 0. The van der Waals surface area contributed by atoms with Gasteiger partial charge in [-0.05, 0) is 56.8 Å². The first-order valence-corrected chi connectivity index (χ1v) is 5.90. The van der Waals surface area contributed by atoms with Gasteiger partial charge < -0.3 is 10.2 Å². The number of aliphatic carboxylic acids is 1. The molecule has 4 fully saturated rings. The maximum absolute atomic E-state index is 11.4. The van der Waals surface area contributed by atoms with Gasteiger partial charge in [-0.1, -0.05) is 0 Å². The van der Waals surface area contributed by atoms with Crippen LogP contribution in [0.15, 0.2) is 0 Å². The van der Waals surface area contributed by atoms with Crippen molar-refractivity contribution in [3.63, 3.8) is 0 Å². The van der Waals surface area contributed by atoms with E-state index in [9.17, 15) is 15.0 Å². The molecule has 4 bridgehead atoms. The van der Waals surface area contributed by atoms with Gasteiger partial charge in [0, 0.05) is 0 Å². The van der Waals surface area contributed by atoms with Crippen LogP contribution in [0.1, 0.15) is 39.0 Å². The van der Waals surface area contributed by atoms with Crippen LogP contribution >= 0.6 is 0 Å². The summed E-state index contributed by atoms with van der Waals surface area (Å²) in [7, 11) is 0. The maximum Gasteiger partial charge on any atom is 0.309 e. The van der Waals surface area contributed by atoms with Crippen LogP contribution < -0.4 is 0 Å². The van der Waals surface area contributed by atoms with Crippen LogP contribution in [0, 0.1) is 23.2 Å². The summed E-state index contributed by atoms with van der Waals surface area (Å²) in [5.74, 6) is 0.371. The number of hydrogen-bond donors (Lipinski definition) is 2. The van der Waals surface area contributed by atoms with E-state index in [0.29, 0.717) is 18.8 Å². The van der Waals surface area contributed by atoms with E-state index in [4.69, 9.17) is 0 Å². The Morgan fingerprint density at radius 2 is 1.73 bits per heavy atom. The van der Waals surface area contributed by atoms with Gasteiger partial charge in [-0.25, -0.2) is 0 Å². The van der Waals surface area contributed by atoms with Crippen LogP contribution in [0.4, 0.5) is 0 Å². The van der Waals surface area contributed by atoms with Gasteiger partial charge in [0.2, 0.25) is 0 Å². The van der Waals surface area contributed by atoms with E-state index < -0.39 is 17.0 Å². The van der Waals surface area contributed by atoms with Crippen LogP contribution in [0.3, 0.4) is 0 Å². The summed E-state index contributed by atoms with van der Waals surface area (Å²) >= 11 is 0. The Bertz CT molecular complexity index is 303. The summed E-state index contributed by atoms with van der Waals surface area (Å²) in [6.45, 7) is 1.91. The fraction of sp³-hybridized carbons (Fsp3) is 0.917. The molecule has 0 spiro atoms. The van der Waals surface area contributed by atoms with E-state index in [0.717, 1.165) is 19.3 Å². The number of hydrogen-bond acceptors (Lipinski definition) is 2. The van der Waals surface area contributed by atoms with Gasteiger partial charge in [0.15, 0.2) is 0 Å². The number of rotatable bonds is 1. The molecule has 0 aromatic heterocycles. The fourth-order valence-electron chi connectivity index (χ4n) is 4.47. The lowest BCUT2D eigenvalue weighted by molar-refractivity contribution is -0.205. The molecule has 0 heterocycles. The Labute approximate surface area is 89.5 Å². The Morgan fingerprint density at radius 3 is 2.20 bits per heavy atom. The minimum atomic E-state index is -0.627. The van der Waals surface area contributed by atoms with Gasteiger partial charge in [-0.2, -0.15) is 0 Å². The number of carbonyl (C=O) groups is 1. The molecule has 4 rings (SSSR count). The fourth-order valence-corrected chi connectivity index (χ4v) is 4.47. The second-order valence-corrected chi connectivity index (χ2v) is 6.15. The first-order chi connectivity index (χ1) is 6.94. The summed E-state index contributed by atoms with van der Waals surface area (Å²) in [5.41, 5.74) is -1.09. The summed E-state index contributed by atoms with van der Waals surface area (Å²) in [5, 5.41) is 19.8. The summed E-state index contributed by atoms with van der Waals surface area (Å²) in [6.07, 6.45) is 4.33. The van der Waals surface area contributed by atoms with Crippen molar-refractivity contribution in [3.05, 3.63) is 0 Å². The molecule has 0 aromatic rings. The van der Waals surface area contributed by atoms with Gasteiger partial charge >= 0.3 is 5.97 Å².